The molecule has 0 saturated heterocycles. The van der Waals surface area contributed by atoms with Crippen LogP contribution in [0.3, 0.4) is 0 Å². The molecule has 0 radical (unpaired) electrons. The molecule has 0 atom stereocenters. The number of hydrazone groups is 1. The summed E-state index contributed by atoms with van der Waals surface area (Å²) in [6, 6.07) is 31.0. The molecule has 1 amide bonds. The molecule has 4 aromatic rings. The lowest BCUT2D eigenvalue weighted by Crippen LogP contribution is -2.20. The van der Waals surface area contributed by atoms with E-state index in [0.29, 0.717) is 11.3 Å². The highest BCUT2D eigenvalue weighted by Crippen LogP contribution is 2.19. The van der Waals surface area contributed by atoms with E-state index in [-0.39, 0.29) is 5.91 Å². The van der Waals surface area contributed by atoms with Crippen molar-refractivity contribution in [3.05, 3.63) is 126 Å². The summed E-state index contributed by atoms with van der Waals surface area (Å²) < 4.78 is 0. The fourth-order valence-electron chi connectivity index (χ4n) is 3.02. The number of carbonyl (C=O) groups excluding carboxylic acids is 1. The molecule has 0 aliphatic heterocycles. The van der Waals surface area contributed by atoms with Crippen molar-refractivity contribution < 1.29 is 4.79 Å². The molecule has 29 heavy (non-hydrogen) atoms. The predicted molar refractivity (Wildman–Crippen MR) is 116 cm³/mol. The Morgan fingerprint density at radius 2 is 1.17 bits per heavy atom. The van der Waals surface area contributed by atoms with Crippen LogP contribution in [0.5, 0.6) is 0 Å². The summed E-state index contributed by atoms with van der Waals surface area (Å²) in [5, 5.41) is 4.41. The quantitative estimate of drug-likeness (QED) is 0.396. The Morgan fingerprint density at radius 1 is 0.621 bits per heavy atom. The third kappa shape index (κ3) is 4.45. The molecule has 140 valence electrons. The van der Waals surface area contributed by atoms with E-state index in [1.165, 1.54) is 0 Å². The molecule has 0 spiro atoms. The summed E-state index contributed by atoms with van der Waals surface area (Å²) in [7, 11) is 0. The number of hydrogen-bond acceptors (Lipinski definition) is 3. The van der Waals surface area contributed by atoms with Crippen molar-refractivity contribution in [2.45, 2.75) is 0 Å². The van der Waals surface area contributed by atoms with Crippen molar-refractivity contribution >= 4 is 11.6 Å². The second kappa shape index (κ2) is 8.76. The van der Waals surface area contributed by atoms with Crippen molar-refractivity contribution in [1.29, 1.82) is 0 Å². The number of carbonyl (C=O) groups is 1. The molecule has 0 saturated carbocycles. The Morgan fingerprint density at radius 3 is 1.83 bits per heavy atom. The van der Waals surface area contributed by atoms with Gasteiger partial charge in [0.25, 0.3) is 5.91 Å². The van der Waals surface area contributed by atoms with E-state index < -0.39 is 0 Å². The molecule has 4 nitrogen and oxygen atoms in total. The van der Waals surface area contributed by atoms with Crippen LogP contribution < -0.4 is 5.43 Å². The van der Waals surface area contributed by atoms with Crippen molar-refractivity contribution in [2.24, 2.45) is 5.10 Å². The standard InChI is InChI=1S/C25H19N3O/c29-25(23-13-11-20(12-14-23)19-7-3-1-4-8-19)28-27-24(21-9-5-2-6-10-21)22-15-17-26-18-16-22/h1-18H,(H,28,29)/b27-24-. The average molecular weight is 377 g/mol. The number of pyridine rings is 1. The van der Waals surface area contributed by atoms with E-state index >= 15 is 0 Å². The molecule has 0 fully saturated rings. The lowest BCUT2D eigenvalue weighted by atomic mass is 10.0. The van der Waals surface area contributed by atoms with Crippen LogP contribution >= 0.6 is 0 Å². The molecular formula is C25H19N3O. The highest BCUT2D eigenvalue weighted by atomic mass is 16.2. The van der Waals surface area contributed by atoms with E-state index in [1.54, 1.807) is 12.4 Å². The lowest BCUT2D eigenvalue weighted by molar-refractivity contribution is 0.0955. The zero-order chi connectivity index (χ0) is 19.9. The molecule has 0 aliphatic carbocycles. The smallest absolute Gasteiger partial charge is 0.267 e. The topological polar surface area (TPSA) is 54.4 Å². The predicted octanol–water partition coefficient (Wildman–Crippen LogP) is 4.93. The van der Waals surface area contributed by atoms with E-state index in [4.69, 9.17) is 0 Å². The van der Waals surface area contributed by atoms with Gasteiger partial charge in [0.2, 0.25) is 0 Å². The Labute approximate surface area is 169 Å². The molecule has 1 N–H and O–H groups in total. The van der Waals surface area contributed by atoms with Gasteiger partial charge < -0.3 is 0 Å². The van der Waals surface area contributed by atoms with Gasteiger partial charge in [0, 0.05) is 29.1 Å². The molecule has 1 aromatic heterocycles. The van der Waals surface area contributed by atoms with E-state index in [1.807, 2.05) is 97.1 Å². The summed E-state index contributed by atoms with van der Waals surface area (Å²) in [5.41, 5.74) is 7.89. The molecular weight excluding hydrogens is 358 g/mol. The molecule has 0 unspecified atom stereocenters. The van der Waals surface area contributed by atoms with Gasteiger partial charge >= 0.3 is 0 Å². The van der Waals surface area contributed by atoms with E-state index in [9.17, 15) is 4.79 Å². The van der Waals surface area contributed by atoms with Gasteiger partial charge in [-0.2, -0.15) is 5.10 Å². The van der Waals surface area contributed by atoms with E-state index in [0.717, 1.165) is 22.3 Å². The van der Waals surface area contributed by atoms with Crippen LogP contribution in [0.4, 0.5) is 0 Å². The van der Waals surface area contributed by atoms with Gasteiger partial charge in [0.15, 0.2) is 0 Å². The third-order valence-corrected chi connectivity index (χ3v) is 4.52. The maximum Gasteiger partial charge on any atom is 0.271 e. The summed E-state index contributed by atoms with van der Waals surface area (Å²) >= 11 is 0. The second-order valence-corrected chi connectivity index (χ2v) is 6.45. The first-order chi connectivity index (χ1) is 14.3. The summed E-state index contributed by atoms with van der Waals surface area (Å²) in [6.07, 6.45) is 3.41. The van der Waals surface area contributed by atoms with Crippen molar-refractivity contribution in [2.75, 3.05) is 0 Å². The normalized spacial score (nSPS) is 11.1. The fraction of sp³-hybridized carbons (Fsp3) is 0. The van der Waals surface area contributed by atoms with Gasteiger partial charge in [-0.05, 0) is 35.4 Å². The number of nitrogens with zero attached hydrogens (tertiary/aromatic N) is 2. The minimum Gasteiger partial charge on any atom is -0.267 e. The maximum atomic E-state index is 12.6. The van der Waals surface area contributed by atoms with Gasteiger partial charge in [-0.25, -0.2) is 5.43 Å². The first-order valence-corrected chi connectivity index (χ1v) is 9.30. The zero-order valence-electron chi connectivity index (χ0n) is 15.7. The molecule has 1 heterocycles. The Balaban J connectivity index is 1.57. The number of aromatic nitrogens is 1. The fourth-order valence-corrected chi connectivity index (χ4v) is 3.02. The second-order valence-electron chi connectivity index (χ2n) is 6.45. The van der Waals surface area contributed by atoms with Crippen LogP contribution in [0.1, 0.15) is 21.5 Å². The summed E-state index contributed by atoms with van der Waals surface area (Å²) in [5.74, 6) is -0.257. The molecule has 4 rings (SSSR count). The molecule has 0 bridgehead atoms. The third-order valence-electron chi connectivity index (χ3n) is 4.52. The number of nitrogens with one attached hydrogen (secondary N) is 1. The van der Waals surface area contributed by atoms with Crippen LogP contribution in [0.25, 0.3) is 11.1 Å². The zero-order valence-corrected chi connectivity index (χ0v) is 15.7. The summed E-state index contributed by atoms with van der Waals surface area (Å²) in [6.45, 7) is 0. The Kier molecular flexibility index (Phi) is 5.53. The summed E-state index contributed by atoms with van der Waals surface area (Å²) in [4.78, 5) is 16.7. The van der Waals surface area contributed by atoms with Gasteiger partial charge in [0.1, 0.15) is 0 Å². The monoisotopic (exact) mass is 377 g/mol. The number of rotatable bonds is 5. The minimum atomic E-state index is -0.257. The minimum absolute atomic E-state index is 0.257. The van der Waals surface area contributed by atoms with E-state index in [2.05, 4.69) is 15.5 Å². The highest BCUT2D eigenvalue weighted by Gasteiger charge is 2.09. The van der Waals surface area contributed by atoms with Gasteiger partial charge in [-0.1, -0.05) is 72.8 Å². The Hall–Kier alpha value is -4.05. The van der Waals surface area contributed by atoms with Crippen LogP contribution in [-0.2, 0) is 0 Å². The molecule has 4 heteroatoms. The number of amides is 1. The number of hydrogen-bond donors (Lipinski definition) is 1. The SMILES string of the molecule is O=C(N/N=C(/c1ccccc1)c1ccncc1)c1ccc(-c2ccccc2)cc1. The van der Waals surface area contributed by atoms with Crippen molar-refractivity contribution in [1.82, 2.24) is 10.4 Å². The Bertz CT molecular complexity index is 1070. The van der Waals surface area contributed by atoms with Gasteiger partial charge in [-0.3, -0.25) is 9.78 Å². The first-order valence-electron chi connectivity index (χ1n) is 9.30. The van der Waals surface area contributed by atoms with Crippen LogP contribution in [0.2, 0.25) is 0 Å². The van der Waals surface area contributed by atoms with Crippen LogP contribution in [0.15, 0.2) is 115 Å². The maximum absolute atomic E-state index is 12.6. The van der Waals surface area contributed by atoms with Gasteiger partial charge in [-0.15, -0.1) is 0 Å². The van der Waals surface area contributed by atoms with Gasteiger partial charge in [0.05, 0.1) is 5.71 Å². The van der Waals surface area contributed by atoms with Crippen LogP contribution in [-0.4, -0.2) is 16.6 Å². The highest BCUT2D eigenvalue weighted by molar-refractivity contribution is 6.13. The number of benzene rings is 3. The van der Waals surface area contributed by atoms with Crippen LogP contribution in [0, 0.1) is 0 Å². The van der Waals surface area contributed by atoms with Crippen molar-refractivity contribution in [3.8, 4) is 11.1 Å². The molecule has 0 aliphatic rings. The average Bonchev–Trinajstić information content (AvgIpc) is 2.81. The largest absolute Gasteiger partial charge is 0.271 e. The lowest BCUT2D eigenvalue weighted by Gasteiger charge is -2.08. The van der Waals surface area contributed by atoms with Crippen molar-refractivity contribution in [3.63, 3.8) is 0 Å². The first kappa shape index (κ1) is 18.3. The molecule has 3 aromatic carbocycles.